The molecule has 0 amide bonds. The van der Waals surface area contributed by atoms with Crippen molar-refractivity contribution in [2.45, 2.75) is 19.4 Å². The Morgan fingerprint density at radius 2 is 1.60 bits per heavy atom. The number of hydrogen-bond donors (Lipinski definition) is 1. The number of pyridine rings is 1. The Labute approximate surface area is 179 Å². The maximum Gasteiger partial charge on any atom is 0.224 e. The smallest absolute Gasteiger partial charge is 0.224 e. The van der Waals surface area contributed by atoms with Crippen molar-refractivity contribution in [3.8, 4) is 22.4 Å². The van der Waals surface area contributed by atoms with E-state index in [1.165, 1.54) is 17.7 Å². The van der Waals surface area contributed by atoms with Gasteiger partial charge >= 0.3 is 0 Å². The molecule has 4 nitrogen and oxygen atoms in total. The van der Waals surface area contributed by atoms with Crippen LogP contribution in [0.4, 0.5) is 10.3 Å². The summed E-state index contributed by atoms with van der Waals surface area (Å²) >= 11 is 6.60. The molecule has 30 heavy (non-hydrogen) atoms. The number of hydrogen-bond acceptors (Lipinski definition) is 4. The van der Waals surface area contributed by atoms with Gasteiger partial charge in [0.25, 0.3) is 0 Å². The van der Waals surface area contributed by atoms with E-state index in [0.29, 0.717) is 22.4 Å². The van der Waals surface area contributed by atoms with E-state index in [4.69, 9.17) is 16.6 Å². The van der Waals surface area contributed by atoms with Crippen LogP contribution >= 0.6 is 11.6 Å². The van der Waals surface area contributed by atoms with Crippen LogP contribution in [0.5, 0.6) is 0 Å². The topological polar surface area (TPSA) is 50.7 Å². The van der Waals surface area contributed by atoms with Gasteiger partial charge in [-0.2, -0.15) is 0 Å². The van der Waals surface area contributed by atoms with Gasteiger partial charge in [0.1, 0.15) is 11.0 Å². The van der Waals surface area contributed by atoms with Gasteiger partial charge in [-0.15, -0.1) is 0 Å². The van der Waals surface area contributed by atoms with Gasteiger partial charge in [0.05, 0.1) is 5.69 Å². The predicted octanol–water partition coefficient (Wildman–Crippen LogP) is 6.04. The lowest BCUT2D eigenvalue weighted by Gasteiger charge is -2.17. The summed E-state index contributed by atoms with van der Waals surface area (Å²) in [5.41, 5.74) is 4.15. The summed E-state index contributed by atoms with van der Waals surface area (Å²) in [5, 5.41) is 3.65. The molecule has 2 aromatic heterocycles. The normalized spacial score (nSPS) is 11.8. The Morgan fingerprint density at radius 3 is 2.30 bits per heavy atom. The van der Waals surface area contributed by atoms with Crippen LogP contribution in [-0.4, -0.2) is 21.0 Å². The zero-order valence-corrected chi connectivity index (χ0v) is 17.1. The summed E-state index contributed by atoms with van der Waals surface area (Å²) in [6.07, 6.45) is 4.22. The van der Waals surface area contributed by atoms with Crippen LogP contribution in [0.25, 0.3) is 22.4 Å². The summed E-state index contributed by atoms with van der Waals surface area (Å²) in [7, 11) is 0. The average molecular weight is 419 g/mol. The lowest BCUT2D eigenvalue weighted by Crippen LogP contribution is -2.20. The van der Waals surface area contributed by atoms with E-state index in [1.807, 2.05) is 30.3 Å². The molecule has 6 heteroatoms. The first-order valence-electron chi connectivity index (χ1n) is 9.64. The summed E-state index contributed by atoms with van der Waals surface area (Å²) in [6, 6.07) is 20.2. The number of aromatic nitrogens is 3. The van der Waals surface area contributed by atoms with Crippen LogP contribution in [0.15, 0.2) is 79.1 Å². The van der Waals surface area contributed by atoms with E-state index in [1.54, 1.807) is 24.5 Å². The van der Waals surface area contributed by atoms with E-state index in [-0.39, 0.29) is 11.9 Å². The van der Waals surface area contributed by atoms with Gasteiger partial charge in [-0.1, -0.05) is 54.1 Å². The number of halogens is 2. The molecule has 4 rings (SSSR count). The molecule has 4 aromatic rings. The molecule has 0 spiro atoms. The van der Waals surface area contributed by atoms with Crippen molar-refractivity contribution < 1.29 is 4.39 Å². The average Bonchev–Trinajstić information content (AvgIpc) is 2.75. The molecule has 1 unspecified atom stereocenters. The number of anilines is 1. The quantitative estimate of drug-likeness (QED) is 0.388. The highest BCUT2D eigenvalue weighted by molar-refractivity contribution is 6.32. The standard InChI is InChI=1S/C24H20ClFN4/c1-16(15-17-5-3-2-4-6-17)28-24-29-22(19-11-13-27-14-12-19)21(23(25)30-24)18-7-9-20(26)10-8-18/h2-14,16H,15H2,1H3,(H,28,29,30). The summed E-state index contributed by atoms with van der Waals surface area (Å²) < 4.78 is 13.4. The van der Waals surface area contributed by atoms with Gasteiger partial charge in [-0.3, -0.25) is 4.98 Å². The highest BCUT2D eigenvalue weighted by atomic mass is 35.5. The third-order valence-electron chi connectivity index (χ3n) is 4.71. The molecule has 0 saturated carbocycles. The van der Waals surface area contributed by atoms with Crippen LogP contribution in [0, 0.1) is 5.82 Å². The maximum atomic E-state index is 13.4. The monoisotopic (exact) mass is 418 g/mol. The summed E-state index contributed by atoms with van der Waals surface area (Å²) in [4.78, 5) is 13.3. The largest absolute Gasteiger partial charge is 0.351 e. The number of rotatable bonds is 6. The Kier molecular flexibility index (Phi) is 6.00. The van der Waals surface area contributed by atoms with E-state index in [0.717, 1.165) is 17.5 Å². The third-order valence-corrected chi connectivity index (χ3v) is 4.99. The van der Waals surface area contributed by atoms with Gasteiger partial charge in [-0.05, 0) is 48.7 Å². The fraction of sp³-hybridized carbons (Fsp3) is 0.125. The van der Waals surface area contributed by atoms with Crippen LogP contribution in [0.1, 0.15) is 12.5 Å². The second-order valence-electron chi connectivity index (χ2n) is 7.04. The first kappa shape index (κ1) is 20.0. The second-order valence-corrected chi connectivity index (χ2v) is 7.40. The van der Waals surface area contributed by atoms with Gasteiger partial charge in [-0.25, -0.2) is 14.4 Å². The third kappa shape index (κ3) is 4.63. The molecule has 0 aliphatic carbocycles. The molecule has 2 aromatic carbocycles. The molecule has 0 fully saturated rings. The minimum absolute atomic E-state index is 0.102. The van der Waals surface area contributed by atoms with Crippen LogP contribution in [-0.2, 0) is 6.42 Å². The van der Waals surface area contributed by atoms with E-state index in [2.05, 4.69) is 34.3 Å². The van der Waals surface area contributed by atoms with E-state index in [9.17, 15) is 4.39 Å². The van der Waals surface area contributed by atoms with Crippen molar-refractivity contribution in [2.75, 3.05) is 5.32 Å². The Morgan fingerprint density at radius 1 is 0.900 bits per heavy atom. The molecule has 0 radical (unpaired) electrons. The Balaban J connectivity index is 1.71. The first-order valence-corrected chi connectivity index (χ1v) is 10.0. The summed E-state index contributed by atoms with van der Waals surface area (Å²) in [6.45, 7) is 2.07. The summed E-state index contributed by atoms with van der Waals surface area (Å²) in [5.74, 6) is 0.135. The zero-order chi connectivity index (χ0) is 20.9. The molecular formula is C24H20ClFN4. The van der Waals surface area contributed by atoms with Crippen LogP contribution in [0.3, 0.4) is 0 Å². The van der Waals surface area contributed by atoms with Gasteiger partial charge in [0, 0.05) is 29.6 Å². The van der Waals surface area contributed by atoms with Crippen molar-refractivity contribution in [1.29, 1.82) is 0 Å². The molecule has 0 bridgehead atoms. The molecule has 2 heterocycles. The van der Waals surface area contributed by atoms with Gasteiger partial charge in [0.15, 0.2) is 0 Å². The Hall–Kier alpha value is -3.31. The minimum Gasteiger partial charge on any atom is -0.351 e. The van der Waals surface area contributed by atoms with Gasteiger partial charge in [0.2, 0.25) is 5.95 Å². The van der Waals surface area contributed by atoms with Crippen LogP contribution in [0.2, 0.25) is 5.15 Å². The van der Waals surface area contributed by atoms with Crippen molar-refractivity contribution >= 4 is 17.5 Å². The van der Waals surface area contributed by atoms with Crippen molar-refractivity contribution in [3.63, 3.8) is 0 Å². The number of benzene rings is 2. The molecule has 0 saturated heterocycles. The van der Waals surface area contributed by atoms with Crippen LogP contribution < -0.4 is 5.32 Å². The highest BCUT2D eigenvalue weighted by Gasteiger charge is 2.18. The zero-order valence-electron chi connectivity index (χ0n) is 16.4. The van der Waals surface area contributed by atoms with Crippen molar-refractivity contribution in [3.05, 3.63) is 95.7 Å². The SMILES string of the molecule is CC(Cc1ccccc1)Nc1nc(Cl)c(-c2ccc(F)cc2)c(-c2ccncc2)n1. The van der Waals surface area contributed by atoms with Gasteiger partial charge < -0.3 is 5.32 Å². The second kappa shape index (κ2) is 9.01. The van der Waals surface area contributed by atoms with E-state index >= 15 is 0 Å². The molecule has 0 aliphatic heterocycles. The predicted molar refractivity (Wildman–Crippen MR) is 119 cm³/mol. The number of nitrogens with one attached hydrogen (secondary N) is 1. The number of nitrogens with zero attached hydrogens (tertiary/aromatic N) is 3. The van der Waals surface area contributed by atoms with E-state index < -0.39 is 0 Å². The lowest BCUT2D eigenvalue weighted by atomic mass is 10.0. The fourth-order valence-electron chi connectivity index (χ4n) is 3.33. The molecule has 150 valence electrons. The molecule has 1 N–H and O–H groups in total. The van der Waals surface area contributed by atoms with Crippen molar-refractivity contribution in [1.82, 2.24) is 15.0 Å². The van der Waals surface area contributed by atoms with Crippen molar-refractivity contribution in [2.24, 2.45) is 0 Å². The molecule has 0 aliphatic rings. The maximum absolute atomic E-state index is 13.4. The lowest BCUT2D eigenvalue weighted by molar-refractivity contribution is 0.628. The fourth-order valence-corrected chi connectivity index (χ4v) is 3.61. The Bertz CT molecular complexity index is 1120. The first-order chi connectivity index (χ1) is 14.6. The highest BCUT2D eigenvalue weighted by Crippen LogP contribution is 2.36. The molecule has 1 atom stereocenters. The molecular weight excluding hydrogens is 399 g/mol. The minimum atomic E-state index is -0.311.